The summed E-state index contributed by atoms with van der Waals surface area (Å²) in [5.74, 6) is 0.420. The van der Waals surface area contributed by atoms with E-state index in [0.29, 0.717) is 17.5 Å². The summed E-state index contributed by atoms with van der Waals surface area (Å²) in [6.07, 6.45) is 0. The fourth-order valence-electron chi connectivity index (χ4n) is 3.80. The van der Waals surface area contributed by atoms with Crippen LogP contribution < -0.4 is 5.32 Å². The second kappa shape index (κ2) is 10.0. The van der Waals surface area contributed by atoms with Gasteiger partial charge >= 0.3 is 0 Å². The largest absolute Gasteiger partial charge is 0.325 e. The van der Waals surface area contributed by atoms with E-state index in [-0.39, 0.29) is 17.5 Å². The Bertz CT molecular complexity index is 1250. The second-order valence-electron chi connectivity index (χ2n) is 8.00. The van der Waals surface area contributed by atoms with Gasteiger partial charge < -0.3 is 5.32 Å². The molecule has 5 nitrogen and oxygen atoms in total. The number of rotatable bonds is 7. The first-order valence-electron chi connectivity index (χ1n) is 10.6. The predicted molar refractivity (Wildman–Crippen MR) is 131 cm³/mol. The lowest BCUT2D eigenvalue weighted by molar-refractivity contribution is -0.113. The lowest BCUT2D eigenvalue weighted by Gasteiger charge is -2.13. The average molecular weight is 461 g/mol. The van der Waals surface area contributed by atoms with Crippen molar-refractivity contribution in [3.8, 4) is 11.4 Å². The van der Waals surface area contributed by atoms with Gasteiger partial charge in [0.05, 0.1) is 12.3 Å². The Morgan fingerprint density at radius 2 is 1.64 bits per heavy atom. The summed E-state index contributed by atoms with van der Waals surface area (Å²) in [5, 5.41) is 12.4. The second-order valence-corrected chi connectivity index (χ2v) is 8.94. The fourth-order valence-corrected chi connectivity index (χ4v) is 4.54. The average Bonchev–Trinajstić information content (AvgIpc) is 3.18. The molecule has 0 radical (unpaired) electrons. The van der Waals surface area contributed by atoms with Gasteiger partial charge in [0, 0.05) is 11.3 Å². The molecule has 4 rings (SSSR count). The van der Waals surface area contributed by atoms with Gasteiger partial charge in [-0.3, -0.25) is 9.36 Å². The molecule has 3 aromatic carbocycles. The topological polar surface area (TPSA) is 59.8 Å². The van der Waals surface area contributed by atoms with E-state index in [4.69, 9.17) is 0 Å². The monoisotopic (exact) mass is 460 g/mol. The van der Waals surface area contributed by atoms with E-state index in [9.17, 15) is 9.18 Å². The van der Waals surface area contributed by atoms with Crippen molar-refractivity contribution >= 4 is 23.4 Å². The molecule has 4 aromatic rings. The Hall–Kier alpha value is -3.45. The molecule has 1 amide bonds. The first-order valence-corrected chi connectivity index (χ1v) is 11.6. The van der Waals surface area contributed by atoms with E-state index in [2.05, 4.69) is 27.6 Å². The number of nitrogens with zero attached hydrogens (tertiary/aromatic N) is 3. The van der Waals surface area contributed by atoms with Gasteiger partial charge in [-0.25, -0.2) is 4.39 Å². The predicted octanol–water partition coefficient (Wildman–Crippen LogP) is 5.79. The molecule has 0 aliphatic heterocycles. The van der Waals surface area contributed by atoms with Gasteiger partial charge in [-0.05, 0) is 61.7 Å². The Morgan fingerprint density at radius 3 is 2.30 bits per heavy atom. The zero-order valence-electron chi connectivity index (χ0n) is 18.8. The van der Waals surface area contributed by atoms with Crippen LogP contribution in [0.25, 0.3) is 11.4 Å². The highest BCUT2D eigenvalue weighted by Gasteiger charge is 2.17. The number of benzene rings is 3. The highest BCUT2D eigenvalue weighted by Crippen LogP contribution is 2.27. The maximum atomic E-state index is 13.4. The lowest BCUT2D eigenvalue weighted by Crippen LogP contribution is -2.16. The summed E-state index contributed by atoms with van der Waals surface area (Å²) >= 11 is 1.33. The van der Waals surface area contributed by atoms with E-state index >= 15 is 0 Å². The molecular weight excluding hydrogens is 435 g/mol. The number of nitrogens with one attached hydrogen (secondary N) is 1. The molecule has 0 bridgehead atoms. The highest BCUT2D eigenvalue weighted by atomic mass is 32.2. The van der Waals surface area contributed by atoms with Crippen molar-refractivity contribution in [1.29, 1.82) is 0 Å². The van der Waals surface area contributed by atoms with Gasteiger partial charge in [0.2, 0.25) is 5.91 Å². The molecule has 0 fully saturated rings. The van der Waals surface area contributed by atoms with Crippen LogP contribution in [0.4, 0.5) is 10.1 Å². The van der Waals surface area contributed by atoms with Crippen LogP contribution in [0.2, 0.25) is 0 Å². The smallest absolute Gasteiger partial charge is 0.234 e. The van der Waals surface area contributed by atoms with Crippen molar-refractivity contribution in [1.82, 2.24) is 14.8 Å². The molecule has 0 saturated heterocycles. The Balaban J connectivity index is 1.56. The van der Waals surface area contributed by atoms with Crippen LogP contribution in [0, 0.1) is 26.6 Å². The van der Waals surface area contributed by atoms with Gasteiger partial charge in [0.25, 0.3) is 0 Å². The summed E-state index contributed by atoms with van der Waals surface area (Å²) in [6.45, 7) is 6.57. The SMILES string of the molecule is Cc1cc(C)c(NC(=O)CSc2nnc(-c3ccc(F)cc3)n2Cc2ccccc2)c(C)c1. The van der Waals surface area contributed by atoms with Gasteiger partial charge in [0.15, 0.2) is 11.0 Å². The van der Waals surface area contributed by atoms with Crippen LogP contribution >= 0.6 is 11.8 Å². The number of amides is 1. The number of aryl methyl sites for hydroxylation is 3. The van der Waals surface area contributed by atoms with Gasteiger partial charge in [0.1, 0.15) is 5.82 Å². The van der Waals surface area contributed by atoms with Gasteiger partial charge in [-0.1, -0.05) is 59.8 Å². The summed E-state index contributed by atoms with van der Waals surface area (Å²) in [6, 6.07) is 20.3. The Labute approximate surface area is 197 Å². The standard InChI is InChI=1S/C26H25FN4OS/c1-17-13-18(2)24(19(3)14-17)28-23(32)16-33-26-30-29-25(21-9-11-22(27)12-10-21)31(26)15-20-7-5-4-6-8-20/h4-14H,15-16H2,1-3H3,(H,28,32). The van der Waals surface area contributed by atoms with Crippen LogP contribution in [0.1, 0.15) is 22.3 Å². The van der Waals surface area contributed by atoms with Crippen LogP contribution in [-0.2, 0) is 11.3 Å². The number of hydrogen-bond donors (Lipinski definition) is 1. The maximum Gasteiger partial charge on any atom is 0.234 e. The number of carbonyl (C=O) groups is 1. The molecule has 0 aliphatic carbocycles. The van der Waals surface area contributed by atoms with Crippen molar-refractivity contribution in [2.24, 2.45) is 0 Å². The van der Waals surface area contributed by atoms with Crippen molar-refractivity contribution in [3.63, 3.8) is 0 Å². The third-order valence-corrected chi connectivity index (χ3v) is 6.24. The van der Waals surface area contributed by atoms with Crippen LogP contribution in [0.5, 0.6) is 0 Å². The third-order valence-electron chi connectivity index (χ3n) is 5.28. The van der Waals surface area contributed by atoms with Crippen LogP contribution in [0.3, 0.4) is 0 Å². The number of halogens is 1. The molecule has 0 spiro atoms. The molecule has 0 atom stereocenters. The normalized spacial score (nSPS) is 10.9. The van der Waals surface area contributed by atoms with Crippen molar-refractivity contribution in [3.05, 3.63) is 94.8 Å². The van der Waals surface area contributed by atoms with Crippen LogP contribution in [0.15, 0.2) is 71.9 Å². The summed E-state index contributed by atoms with van der Waals surface area (Å²) in [4.78, 5) is 12.7. The molecule has 1 aromatic heterocycles. The van der Waals surface area contributed by atoms with Crippen molar-refractivity contribution in [2.45, 2.75) is 32.5 Å². The van der Waals surface area contributed by atoms with Crippen LogP contribution in [-0.4, -0.2) is 26.4 Å². The number of thioether (sulfide) groups is 1. The van der Waals surface area contributed by atoms with E-state index in [1.807, 2.05) is 55.7 Å². The molecule has 168 valence electrons. The summed E-state index contributed by atoms with van der Waals surface area (Å²) in [7, 11) is 0. The zero-order chi connectivity index (χ0) is 23.4. The van der Waals surface area contributed by atoms with E-state index in [1.165, 1.54) is 29.5 Å². The van der Waals surface area contributed by atoms with E-state index in [1.54, 1.807) is 12.1 Å². The minimum Gasteiger partial charge on any atom is -0.325 e. The first kappa shape index (κ1) is 22.7. The molecule has 33 heavy (non-hydrogen) atoms. The highest BCUT2D eigenvalue weighted by molar-refractivity contribution is 7.99. The lowest BCUT2D eigenvalue weighted by atomic mass is 10.1. The number of carbonyl (C=O) groups excluding carboxylic acids is 1. The molecular formula is C26H25FN4OS. The first-order chi connectivity index (χ1) is 15.9. The summed E-state index contributed by atoms with van der Waals surface area (Å²) < 4.78 is 15.4. The van der Waals surface area contributed by atoms with Gasteiger partial charge in [-0.15, -0.1) is 10.2 Å². The zero-order valence-corrected chi connectivity index (χ0v) is 19.6. The molecule has 1 heterocycles. The number of aromatic nitrogens is 3. The van der Waals surface area contributed by atoms with E-state index < -0.39 is 0 Å². The number of hydrogen-bond acceptors (Lipinski definition) is 4. The molecule has 0 saturated carbocycles. The minimum atomic E-state index is -0.305. The molecule has 0 aliphatic rings. The number of anilines is 1. The Kier molecular flexibility index (Phi) is 6.89. The molecule has 7 heteroatoms. The van der Waals surface area contributed by atoms with Gasteiger partial charge in [-0.2, -0.15) is 0 Å². The summed E-state index contributed by atoms with van der Waals surface area (Å²) in [5.41, 5.74) is 5.94. The third kappa shape index (κ3) is 5.49. The van der Waals surface area contributed by atoms with Crippen molar-refractivity contribution in [2.75, 3.05) is 11.1 Å². The fraction of sp³-hybridized carbons (Fsp3) is 0.192. The molecule has 1 N–H and O–H groups in total. The Morgan fingerprint density at radius 1 is 0.970 bits per heavy atom. The van der Waals surface area contributed by atoms with Crippen molar-refractivity contribution < 1.29 is 9.18 Å². The molecule has 0 unspecified atom stereocenters. The van der Waals surface area contributed by atoms with E-state index in [0.717, 1.165) is 27.9 Å². The maximum absolute atomic E-state index is 13.4. The minimum absolute atomic E-state index is 0.104. The quantitative estimate of drug-likeness (QED) is 0.355.